The van der Waals surface area contributed by atoms with Crippen molar-refractivity contribution >= 4 is 79.5 Å². The van der Waals surface area contributed by atoms with Crippen molar-refractivity contribution < 1.29 is 0 Å². The molecule has 8 bridgehead atoms. The minimum absolute atomic E-state index is 0.780. The molecule has 0 aliphatic carbocycles. The fraction of sp³-hybridized carbons (Fsp3) is 0. The average molecular weight is 785 g/mol. The van der Waals surface area contributed by atoms with E-state index in [-0.39, 0.29) is 0 Å². The number of benzene rings is 9. The van der Waals surface area contributed by atoms with Crippen LogP contribution in [0, 0.1) is 0 Å². The highest BCUT2D eigenvalue weighted by Gasteiger charge is 2.26. The van der Waals surface area contributed by atoms with Gasteiger partial charge in [0, 0.05) is 56.9 Å². The van der Waals surface area contributed by atoms with Gasteiger partial charge in [0.25, 0.3) is 0 Å². The highest BCUT2D eigenvalue weighted by atomic mass is 15.3. The van der Waals surface area contributed by atoms with Gasteiger partial charge in [-0.25, -0.2) is 4.98 Å². The molecular formula is C55H40N6. The molecule has 2 heterocycles. The van der Waals surface area contributed by atoms with Crippen LogP contribution in [-0.4, -0.2) is 9.55 Å². The van der Waals surface area contributed by atoms with Gasteiger partial charge >= 0.3 is 0 Å². The van der Waals surface area contributed by atoms with Crippen LogP contribution in [0.3, 0.4) is 0 Å². The van der Waals surface area contributed by atoms with E-state index in [2.05, 4.69) is 267 Å². The number of anilines is 12. The molecule has 11 rings (SSSR count). The molecule has 1 aliphatic heterocycles. The van der Waals surface area contributed by atoms with Crippen molar-refractivity contribution in [2.45, 2.75) is 0 Å². The van der Waals surface area contributed by atoms with Gasteiger partial charge in [0.2, 0.25) is 5.95 Å². The first kappa shape index (κ1) is 35.8. The SMILES string of the molecule is c1ccc(N2c3cccc(c3)N(c3ccccc3)c3cccc(c3)N(c3nc4ccccc4n3-c3ccccc3)c3cccc(c3)N(c3ccccc3)c3cccc2c3)cc1. The van der Waals surface area contributed by atoms with E-state index in [1.807, 2.05) is 0 Å². The summed E-state index contributed by atoms with van der Waals surface area (Å²) in [6.45, 7) is 0. The van der Waals surface area contributed by atoms with Gasteiger partial charge in [-0.3, -0.25) is 9.47 Å². The molecule has 0 N–H and O–H groups in total. The summed E-state index contributed by atoms with van der Waals surface area (Å²) in [7, 11) is 0. The van der Waals surface area contributed by atoms with E-state index < -0.39 is 0 Å². The summed E-state index contributed by atoms with van der Waals surface area (Å²) >= 11 is 0. The summed E-state index contributed by atoms with van der Waals surface area (Å²) in [6.07, 6.45) is 0. The molecule has 0 atom stereocenters. The monoisotopic (exact) mass is 784 g/mol. The minimum Gasteiger partial charge on any atom is -0.310 e. The number of para-hydroxylation sites is 6. The lowest BCUT2D eigenvalue weighted by molar-refractivity contribution is 1.03. The molecule has 10 aromatic rings. The molecule has 61 heavy (non-hydrogen) atoms. The Morgan fingerprint density at radius 1 is 0.230 bits per heavy atom. The van der Waals surface area contributed by atoms with Crippen molar-refractivity contribution in [1.82, 2.24) is 9.55 Å². The summed E-state index contributed by atoms with van der Waals surface area (Å²) < 4.78 is 2.27. The van der Waals surface area contributed by atoms with Gasteiger partial charge in [-0.05, 0) is 133 Å². The van der Waals surface area contributed by atoms with Gasteiger partial charge in [-0.15, -0.1) is 0 Å². The second-order valence-electron chi connectivity index (χ2n) is 15.0. The van der Waals surface area contributed by atoms with Gasteiger partial charge in [-0.1, -0.05) is 109 Å². The normalized spacial score (nSPS) is 12.5. The van der Waals surface area contributed by atoms with Crippen LogP contribution in [0.4, 0.5) is 68.5 Å². The van der Waals surface area contributed by atoms with Crippen LogP contribution in [0.25, 0.3) is 16.7 Å². The van der Waals surface area contributed by atoms with E-state index in [1.54, 1.807) is 0 Å². The second-order valence-corrected chi connectivity index (χ2v) is 15.0. The third kappa shape index (κ3) is 6.62. The van der Waals surface area contributed by atoms with Crippen LogP contribution < -0.4 is 19.6 Å². The Hall–Kier alpha value is -8.35. The molecule has 0 spiro atoms. The molecule has 0 fully saturated rings. The third-order valence-corrected chi connectivity index (χ3v) is 11.2. The summed E-state index contributed by atoms with van der Waals surface area (Å²) in [6, 6.07) is 86.0. The quantitative estimate of drug-likeness (QED) is 0.173. The van der Waals surface area contributed by atoms with Crippen LogP contribution in [0.1, 0.15) is 0 Å². The Bertz CT molecular complexity index is 2980. The lowest BCUT2D eigenvalue weighted by Gasteiger charge is -2.33. The van der Waals surface area contributed by atoms with Crippen molar-refractivity contribution in [3.8, 4) is 5.69 Å². The lowest BCUT2D eigenvalue weighted by Crippen LogP contribution is -2.18. The van der Waals surface area contributed by atoms with Crippen LogP contribution in [0.15, 0.2) is 243 Å². The van der Waals surface area contributed by atoms with Gasteiger partial charge in [0.15, 0.2) is 0 Å². The number of hydrogen-bond donors (Lipinski definition) is 0. The Balaban J connectivity index is 1.23. The second kappa shape index (κ2) is 15.4. The topological polar surface area (TPSA) is 30.8 Å². The molecule has 0 saturated carbocycles. The largest absolute Gasteiger partial charge is 0.310 e. The first-order chi connectivity index (χ1) is 30.3. The van der Waals surface area contributed by atoms with Crippen LogP contribution in [0.5, 0.6) is 0 Å². The van der Waals surface area contributed by atoms with Gasteiger partial charge in [0.05, 0.1) is 22.4 Å². The van der Waals surface area contributed by atoms with Crippen molar-refractivity contribution in [2.24, 2.45) is 0 Å². The van der Waals surface area contributed by atoms with Crippen molar-refractivity contribution in [3.05, 3.63) is 243 Å². The fourth-order valence-corrected chi connectivity index (χ4v) is 8.53. The third-order valence-electron chi connectivity index (χ3n) is 11.2. The van der Waals surface area contributed by atoms with E-state index in [0.29, 0.717) is 0 Å². The standard InChI is InChI=1S/C55H40N6/c1-5-19-41(20-6-1)57-45-27-15-29-47(37-45)58(42-21-7-2-8-22-42)49-31-17-33-51(39-49)60(55-56-53-35-13-14-36-54(53)61(55)44-25-11-4-12-26-44)52-34-18-32-50(40-52)59(43-23-9-3-10-24-43)48-30-16-28-46(57)38-48/h1-40H. The molecule has 1 aromatic heterocycles. The molecule has 1 aliphatic rings. The van der Waals surface area contributed by atoms with Gasteiger partial charge in [0.1, 0.15) is 0 Å². The van der Waals surface area contributed by atoms with Crippen LogP contribution in [-0.2, 0) is 0 Å². The van der Waals surface area contributed by atoms with E-state index >= 15 is 0 Å². The van der Waals surface area contributed by atoms with E-state index in [9.17, 15) is 0 Å². The summed E-state index contributed by atoms with van der Waals surface area (Å²) in [5.41, 5.74) is 14.2. The van der Waals surface area contributed by atoms with E-state index in [1.165, 1.54) is 0 Å². The zero-order valence-corrected chi connectivity index (χ0v) is 33.3. The number of fused-ring (bicyclic) bond motifs is 9. The highest BCUT2D eigenvalue weighted by Crippen LogP contribution is 2.46. The smallest absolute Gasteiger partial charge is 0.220 e. The predicted molar refractivity (Wildman–Crippen MR) is 253 cm³/mol. The van der Waals surface area contributed by atoms with Crippen LogP contribution in [0.2, 0.25) is 0 Å². The molecule has 9 aromatic carbocycles. The number of aromatic nitrogens is 2. The first-order valence-corrected chi connectivity index (χ1v) is 20.6. The fourth-order valence-electron chi connectivity index (χ4n) is 8.53. The van der Waals surface area contributed by atoms with Crippen LogP contribution >= 0.6 is 0 Å². The summed E-state index contributed by atoms with van der Waals surface area (Å²) in [5.74, 6) is 0.780. The molecule has 0 unspecified atom stereocenters. The summed E-state index contributed by atoms with van der Waals surface area (Å²) in [4.78, 5) is 14.7. The maximum atomic E-state index is 5.44. The molecule has 0 saturated heterocycles. The number of rotatable bonds is 5. The first-order valence-electron chi connectivity index (χ1n) is 20.6. The number of hydrogen-bond acceptors (Lipinski definition) is 5. The van der Waals surface area contributed by atoms with Crippen molar-refractivity contribution in [1.29, 1.82) is 0 Å². The molecular weight excluding hydrogens is 745 g/mol. The Morgan fingerprint density at radius 3 is 0.869 bits per heavy atom. The maximum absolute atomic E-state index is 5.44. The average Bonchev–Trinajstić information content (AvgIpc) is 3.70. The maximum Gasteiger partial charge on any atom is 0.220 e. The molecule has 0 amide bonds. The predicted octanol–water partition coefficient (Wildman–Crippen LogP) is 15.2. The minimum atomic E-state index is 0.780. The van der Waals surface area contributed by atoms with Crippen molar-refractivity contribution in [3.63, 3.8) is 0 Å². The molecule has 290 valence electrons. The lowest BCUT2D eigenvalue weighted by atomic mass is 10.1. The Morgan fingerprint density at radius 2 is 0.508 bits per heavy atom. The number of imidazole rings is 1. The molecule has 0 radical (unpaired) electrons. The van der Waals surface area contributed by atoms with Gasteiger partial charge < -0.3 is 14.7 Å². The van der Waals surface area contributed by atoms with Gasteiger partial charge in [-0.2, -0.15) is 0 Å². The highest BCUT2D eigenvalue weighted by molar-refractivity contribution is 5.91. The molecule has 6 heteroatoms. The van der Waals surface area contributed by atoms with E-state index in [0.717, 1.165) is 85.2 Å². The number of nitrogens with zero attached hydrogens (tertiary/aromatic N) is 6. The molecule has 6 nitrogen and oxygen atoms in total. The zero-order valence-electron chi connectivity index (χ0n) is 33.3. The Labute approximate surface area is 355 Å². The van der Waals surface area contributed by atoms with Crippen molar-refractivity contribution in [2.75, 3.05) is 19.6 Å². The summed E-state index contributed by atoms with van der Waals surface area (Å²) in [5, 5.41) is 0. The van der Waals surface area contributed by atoms with E-state index in [4.69, 9.17) is 4.98 Å². The zero-order chi connectivity index (χ0) is 40.5. The Kier molecular flexibility index (Phi) is 9.06.